The molecule has 0 spiro atoms. The molecular formula is C13H9Cl3N2S. The van der Waals surface area contributed by atoms with Crippen molar-refractivity contribution in [2.24, 2.45) is 0 Å². The number of hydrogen-bond donors (Lipinski definition) is 0. The number of imidazole rings is 1. The van der Waals surface area contributed by atoms with E-state index in [0.29, 0.717) is 10.9 Å². The van der Waals surface area contributed by atoms with Gasteiger partial charge in [0.2, 0.25) is 0 Å². The van der Waals surface area contributed by atoms with Gasteiger partial charge in [-0.1, -0.05) is 23.2 Å². The summed E-state index contributed by atoms with van der Waals surface area (Å²) in [5.41, 5.74) is 1.90. The third kappa shape index (κ3) is 2.61. The van der Waals surface area contributed by atoms with Crippen LogP contribution in [-0.2, 0) is 12.4 Å². The van der Waals surface area contributed by atoms with Crippen LogP contribution in [0.15, 0.2) is 30.3 Å². The number of alkyl halides is 1. The van der Waals surface area contributed by atoms with E-state index in [4.69, 9.17) is 34.8 Å². The fourth-order valence-corrected chi connectivity index (χ4v) is 3.47. The van der Waals surface area contributed by atoms with E-state index >= 15 is 0 Å². The van der Waals surface area contributed by atoms with Crippen molar-refractivity contribution in [3.63, 3.8) is 0 Å². The zero-order valence-corrected chi connectivity index (χ0v) is 12.8. The summed E-state index contributed by atoms with van der Waals surface area (Å²) in [7, 11) is 0. The fraction of sp³-hybridized carbons (Fsp3) is 0.154. The zero-order valence-electron chi connectivity index (χ0n) is 9.74. The van der Waals surface area contributed by atoms with Crippen LogP contribution in [0.1, 0.15) is 10.7 Å². The zero-order chi connectivity index (χ0) is 13.4. The van der Waals surface area contributed by atoms with Crippen molar-refractivity contribution in [1.82, 2.24) is 9.55 Å². The summed E-state index contributed by atoms with van der Waals surface area (Å²) in [4.78, 5) is 5.69. The Balaban J connectivity index is 2.10. The van der Waals surface area contributed by atoms with E-state index in [-0.39, 0.29) is 0 Å². The quantitative estimate of drug-likeness (QED) is 0.604. The van der Waals surface area contributed by atoms with Crippen LogP contribution in [0.5, 0.6) is 0 Å². The van der Waals surface area contributed by atoms with Crippen molar-refractivity contribution in [2.45, 2.75) is 12.4 Å². The molecule has 0 unspecified atom stereocenters. The van der Waals surface area contributed by atoms with Gasteiger partial charge in [-0.2, -0.15) is 0 Å². The van der Waals surface area contributed by atoms with Crippen molar-refractivity contribution in [3.8, 4) is 0 Å². The topological polar surface area (TPSA) is 17.8 Å². The molecule has 2 nitrogen and oxygen atoms in total. The number of halogens is 3. The van der Waals surface area contributed by atoms with E-state index in [9.17, 15) is 0 Å². The first-order valence-corrected chi connectivity index (χ1v) is 7.73. The Bertz CT molecular complexity index is 733. The van der Waals surface area contributed by atoms with Gasteiger partial charge in [-0.15, -0.1) is 22.9 Å². The molecule has 0 saturated heterocycles. The highest BCUT2D eigenvalue weighted by atomic mass is 35.5. The minimum Gasteiger partial charge on any atom is -0.322 e. The molecule has 2 heterocycles. The minimum atomic E-state index is 0.366. The number of aromatic nitrogens is 2. The number of nitrogens with zero attached hydrogens (tertiary/aromatic N) is 2. The summed E-state index contributed by atoms with van der Waals surface area (Å²) in [6.45, 7) is 0.720. The van der Waals surface area contributed by atoms with Gasteiger partial charge in [-0.3, -0.25) is 0 Å². The summed E-state index contributed by atoms with van der Waals surface area (Å²) < 4.78 is 2.88. The highest BCUT2D eigenvalue weighted by molar-refractivity contribution is 7.16. The van der Waals surface area contributed by atoms with Gasteiger partial charge >= 0.3 is 0 Å². The van der Waals surface area contributed by atoms with E-state index in [1.165, 1.54) is 4.88 Å². The molecule has 3 aromatic rings. The van der Waals surface area contributed by atoms with Crippen LogP contribution >= 0.6 is 46.1 Å². The van der Waals surface area contributed by atoms with Gasteiger partial charge < -0.3 is 4.57 Å². The molecular weight excluding hydrogens is 323 g/mol. The second kappa shape index (κ2) is 5.33. The van der Waals surface area contributed by atoms with E-state index in [0.717, 1.165) is 27.7 Å². The molecule has 19 heavy (non-hydrogen) atoms. The number of benzene rings is 1. The highest BCUT2D eigenvalue weighted by Gasteiger charge is 2.11. The Kier molecular flexibility index (Phi) is 3.72. The SMILES string of the molecule is ClCc1nc2cc(Cl)ccc2n1Cc1ccc(Cl)s1. The highest BCUT2D eigenvalue weighted by Crippen LogP contribution is 2.26. The molecule has 0 atom stereocenters. The first-order valence-electron chi connectivity index (χ1n) is 5.62. The maximum atomic E-state index is 5.99. The summed E-state index contributed by atoms with van der Waals surface area (Å²) in [5, 5.41) is 0.678. The Morgan fingerprint density at radius 1 is 1.16 bits per heavy atom. The number of rotatable bonds is 3. The third-order valence-corrected chi connectivity index (χ3v) is 4.54. The summed E-state index contributed by atoms with van der Waals surface area (Å²) in [6, 6.07) is 9.60. The molecule has 0 amide bonds. The van der Waals surface area contributed by atoms with Crippen molar-refractivity contribution >= 4 is 57.2 Å². The van der Waals surface area contributed by atoms with Gasteiger partial charge in [0.25, 0.3) is 0 Å². The first kappa shape index (κ1) is 13.3. The lowest BCUT2D eigenvalue weighted by Crippen LogP contribution is -2.02. The molecule has 0 aliphatic rings. The molecule has 0 N–H and O–H groups in total. The van der Waals surface area contributed by atoms with E-state index in [2.05, 4.69) is 9.55 Å². The summed E-state index contributed by atoms with van der Waals surface area (Å²) >= 11 is 19.5. The van der Waals surface area contributed by atoms with Gasteiger partial charge in [0, 0.05) is 9.90 Å². The maximum Gasteiger partial charge on any atom is 0.125 e. The van der Waals surface area contributed by atoms with Crippen LogP contribution in [0.25, 0.3) is 11.0 Å². The Hall–Kier alpha value is -0.740. The molecule has 0 fully saturated rings. The molecule has 2 aromatic heterocycles. The normalized spacial score (nSPS) is 11.3. The van der Waals surface area contributed by atoms with Gasteiger partial charge in [0.05, 0.1) is 27.8 Å². The molecule has 3 rings (SSSR count). The molecule has 1 aromatic carbocycles. The summed E-state index contributed by atoms with van der Waals surface area (Å²) in [6.07, 6.45) is 0. The Morgan fingerprint density at radius 2 is 2.00 bits per heavy atom. The van der Waals surface area contributed by atoms with Crippen molar-refractivity contribution in [2.75, 3.05) is 0 Å². The molecule has 0 aliphatic heterocycles. The van der Waals surface area contributed by atoms with Crippen molar-refractivity contribution in [3.05, 3.63) is 50.4 Å². The van der Waals surface area contributed by atoms with Crippen LogP contribution < -0.4 is 0 Å². The second-order valence-corrected chi connectivity index (χ2v) is 6.59. The lowest BCUT2D eigenvalue weighted by Gasteiger charge is -2.05. The van der Waals surface area contributed by atoms with E-state index < -0.39 is 0 Å². The molecule has 0 saturated carbocycles. The fourth-order valence-electron chi connectivity index (χ4n) is 2.02. The lowest BCUT2D eigenvalue weighted by molar-refractivity contribution is 0.789. The van der Waals surface area contributed by atoms with Crippen LogP contribution in [0.4, 0.5) is 0 Å². The van der Waals surface area contributed by atoms with Crippen LogP contribution in [0.2, 0.25) is 9.36 Å². The number of thiophene rings is 1. The van der Waals surface area contributed by atoms with Crippen LogP contribution in [0, 0.1) is 0 Å². The Morgan fingerprint density at radius 3 is 2.68 bits per heavy atom. The average molecular weight is 332 g/mol. The third-order valence-electron chi connectivity index (χ3n) is 2.85. The monoisotopic (exact) mass is 330 g/mol. The predicted octanol–water partition coefficient (Wildman–Crippen LogP) is 5.19. The predicted molar refractivity (Wildman–Crippen MR) is 82.7 cm³/mol. The van der Waals surface area contributed by atoms with E-state index in [1.807, 2.05) is 30.3 Å². The molecule has 98 valence electrons. The largest absolute Gasteiger partial charge is 0.322 e. The smallest absolute Gasteiger partial charge is 0.125 e. The molecule has 6 heteroatoms. The van der Waals surface area contributed by atoms with Gasteiger partial charge in [0.1, 0.15) is 5.82 Å². The van der Waals surface area contributed by atoms with Crippen LogP contribution in [0.3, 0.4) is 0 Å². The van der Waals surface area contributed by atoms with Crippen LogP contribution in [-0.4, -0.2) is 9.55 Å². The van der Waals surface area contributed by atoms with Crippen molar-refractivity contribution < 1.29 is 0 Å². The van der Waals surface area contributed by atoms with Gasteiger partial charge in [-0.05, 0) is 30.3 Å². The standard InChI is InChI=1S/C13H9Cl3N2S/c14-6-13-17-10-5-8(15)1-3-11(10)18(13)7-9-2-4-12(16)19-9/h1-5H,6-7H2. The average Bonchev–Trinajstić information content (AvgIpc) is 2.94. The molecule has 0 radical (unpaired) electrons. The molecule has 0 aliphatic carbocycles. The summed E-state index contributed by atoms with van der Waals surface area (Å²) in [5.74, 6) is 1.20. The number of fused-ring (bicyclic) bond motifs is 1. The van der Waals surface area contributed by atoms with Gasteiger partial charge in [-0.25, -0.2) is 4.98 Å². The lowest BCUT2D eigenvalue weighted by atomic mass is 10.3. The maximum absolute atomic E-state index is 5.99. The van der Waals surface area contributed by atoms with Gasteiger partial charge in [0.15, 0.2) is 0 Å². The number of hydrogen-bond acceptors (Lipinski definition) is 2. The first-order chi connectivity index (χ1) is 9.17. The molecule has 0 bridgehead atoms. The van der Waals surface area contributed by atoms with E-state index in [1.54, 1.807) is 11.3 Å². The minimum absolute atomic E-state index is 0.366. The Labute approximate surface area is 129 Å². The second-order valence-electron chi connectivity index (χ2n) is 4.09. The van der Waals surface area contributed by atoms with Crippen molar-refractivity contribution in [1.29, 1.82) is 0 Å².